The van der Waals surface area contributed by atoms with Gasteiger partial charge >= 0.3 is 6.03 Å². The van der Waals surface area contributed by atoms with Gasteiger partial charge in [0.1, 0.15) is 0 Å². The van der Waals surface area contributed by atoms with E-state index in [0.29, 0.717) is 11.7 Å². The number of benzene rings is 3. The highest BCUT2D eigenvalue weighted by atomic mass is 32.2. The first-order valence-corrected chi connectivity index (χ1v) is 13.0. The summed E-state index contributed by atoms with van der Waals surface area (Å²) in [5, 5.41) is 7.45. The standard InChI is InChI=1S/C29H28N4O2S/c1-17-6-9-22(10-7-17)27-31-28(35-32-27)25-20(4)33(23-13-8-18(2)19(3)16-23)29(34)30-26(25)21-11-14-24(36-5)15-12-21/h6-16,26H,1-5H3,(H,30,34). The number of hydrogen-bond donors (Lipinski definition) is 1. The summed E-state index contributed by atoms with van der Waals surface area (Å²) < 4.78 is 5.82. The Morgan fingerprint density at radius 3 is 2.31 bits per heavy atom. The van der Waals surface area contributed by atoms with Crippen LogP contribution in [0.5, 0.6) is 0 Å². The Morgan fingerprint density at radius 1 is 0.917 bits per heavy atom. The van der Waals surface area contributed by atoms with E-state index in [0.717, 1.165) is 44.1 Å². The SMILES string of the molecule is CSc1ccc(C2NC(=O)N(c3ccc(C)c(C)c3)C(C)=C2c2nc(-c3ccc(C)cc3)no2)cc1. The number of nitrogens with one attached hydrogen (secondary N) is 1. The van der Waals surface area contributed by atoms with Crippen LogP contribution in [0.2, 0.25) is 0 Å². The van der Waals surface area contributed by atoms with Crippen molar-refractivity contribution in [3.05, 3.63) is 101 Å². The summed E-state index contributed by atoms with van der Waals surface area (Å²) in [5.74, 6) is 0.896. The number of thioether (sulfide) groups is 1. The Morgan fingerprint density at radius 2 is 1.64 bits per heavy atom. The van der Waals surface area contributed by atoms with E-state index in [-0.39, 0.29) is 6.03 Å². The monoisotopic (exact) mass is 496 g/mol. The lowest BCUT2D eigenvalue weighted by Crippen LogP contribution is -2.46. The second-order valence-corrected chi connectivity index (χ2v) is 9.93. The molecule has 0 fully saturated rings. The Balaban J connectivity index is 1.65. The molecule has 4 aromatic rings. The van der Waals surface area contributed by atoms with Gasteiger partial charge in [0, 0.05) is 16.2 Å². The van der Waals surface area contributed by atoms with Crippen LogP contribution >= 0.6 is 11.8 Å². The van der Waals surface area contributed by atoms with Crippen LogP contribution in [0.4, 0.5) is 10.5 Å². The van der Waals surface area contributed by atoms with Crippen LogP contribution in [0, 0.1) is 20.8 Å². The third kappa shape index (κ3) is 4.42. The van der Waals surface area contributed by atoms with E-state index in [9.17, 15) is 4.79 Å². The number of allylic oxidation sites excluding steroid dienone is 1. The fourth-order valence-corrected chi connectivity index (χ4v) is 4.80. The molecule has 1 aliphatic heterocycles. The largest absolute Gasteiger partial charge is 0.334 e. The van der Waals surface area contributed by atoms with Crippen molar-refractivity contribution in [1.29, 1.82) is 0 Å². The number of aromatic nitrogens is 2. The molecule has 0 bridgehead atoms. The van der Waals surface area contributed by atoms with Gasteiger partial charge in [-0.3, -0.25) is 4.90 Å². The van der Waals surface area contributed by atoms with E-state index in [2.05, 4.69) is 29.5 Å². The zero-order valence-corrected chi connectivity index (χ0v) is 21.8. The van der Waals surface area contributed by atoms with Crippen molar-refractivity contribution in [3.8, 4) is 11.4 Å². The first-order chi connectivity index (χ1) is 17.4. The molecule has 1 aliphatic rings. The Hall–Kier alpha value is -3.84. The van der Waals surface area contributed by atoms with E-state index in [1.807, 2.05) is 81.6 Å². The summed E-state index contributed by atoms with van der Waals surface area (Å²) in [4.78, 5) is 21.1. The van der Waals surface area contributed by atoms with E-state index >= 15 is 0 Å². The molecule has 6 nitrogen and oxygen atoms in total. The summed E-state index contributed by atoms with van der Waals surface area (Å²) in [7, 11) is 0. The van der Waals surface area contributed by atoms with Crippen LogP contribution in [-0.2, 0) is 0 Å². The molecule has 1 N–H and O–H groups in total. The highest BCUT2D eigenvalue weighted by Crippen LogP contribution is 2.39. The predicted molar refractivity (Wildman–Crippen MR) is 145 cm³/mol. The number of nitrogens with zero attached hydrogens (tertiary/aromatic N) is 3. The Bertz CT molecular complexity index is 1460. The quantitative estimate of drug-likeness (QED) is 0.299. The highest BCUT2D eigenvalue weighted by Gasteiger charge is 2.36. The Labute approximate surface area is 215 Å². The molecule has 0 spiro atoms. The summed E-state index contributed by atoms with van der Waals surface area (Å²) >= 11 is 1.68. The molecule has 182 valence electrons. The fraction of sp³-hybridized carbons (Fsp3) is 0.207. The van der Waals surface area contributed by atoms with Crippen molar-refractivity contribution < 1.29 is 9.32 Å². The van der Waals surface area contributed by atoms with Crippen LogP contribution in [0.1, 0.15) is 41.1 Å². The lowest BCUT2D eigenvalue weighted by molar-refractivity contribution is 0.244. The maximum Gasteiger partial charge on any atom is 0.326 e. The number of urea groups is 1. The molecule has 5 rings (SSSR count). The second kappa shape index (κ2) is 9.66. The number of hydrogen-bond acceptors (Lipinski definition) is 5. The van der Waals surface area contributed by atoms with Crippen molar-refractivity contribution in [2.24, 2.45) is 0 Å². The van der Waals surface area contributed by atoms with Crippen molar-refractivity contribution in [3.63, 3.8) is 0 Å². The molecule has 0 radical (unpaired) electrons. The van der Waals surface area contributed by atoms with Gasteiger partial charge in [-0.2, -0.15) is 4.98 Å². The summed E-state index contributed by atoms with van der Waals surface area (Å²) in [6.07, 6.45) is 2.04. The molecule has 1 unspecified atom stereocenters. The maximum absolute atomic E-state index is 13.5. The molecule has 1 atom stereocenters. The van der Waals surface area contributed by atoms with Gasteiger partial charge in [-0.1, -0.05) is 53.2 Å². The lowest BCUT2D eigenvalue weighted by Gasteiger charge is -2.35. The first kappa shape index (κ1) is 23.9. The van der Waals surface area contributed by atoms with Gasteiger partial charge in [-0.05, 0) is 74.9 Å². The molecular formula is C29H28N4O2S. The number of aryl methyl sites for hydroxylation is 3. The van der Waals surface area contributed by atoms with Crippen molar-refractivity contribution in [1.82, 2.24) is 15.5 Å². The number of anilines is 1. The lowest BCUT2D eigenvalue weighted by atomic mass is 9.94. The van der Waals surface area contributed by atoms with Gasteiger partial charge in [0.25, 0.3) is 5.89 Å². The molecule has 1 aromatic heterocycles. The summed E-state index contributed by atoms with van der Waals surface area (Å²) in [6, 6.07) is 21.6. The maximum atomic E-state index is 13.5. The average molecular weight is 497 g/mol. The molecule has 2 amide bonds. The van der Waals surface area contributed by atoms with Crippen LogP contribution in [0.15, 0.2) is 81.8 Å². The Kier molecular flexibility index (Phi) is 6.41. The van der Waals surface area contributed by atoms with Crippen molar-refractivity contribution >= 4 is 29.1 Å². The summed E-state index contributed by atoms with van der Waals surface area (Å²) in [6.45, 7) is 8.08. The number of carbonyl (C=O) groups is 1. The molecule has 0 aliphatic carbocycles. The van der Waals surface area contributed by atoms with Gasteiger partial charge in [-0.15, -0.1) is 11.8 Å². The molecule has 3 aromatic carbocycles. The minimum Gasteiger partial charge on any atom is -0.334 e. The van der Waals surface area contributed by atoms with Gasteiger partial charge < -0.3 is 9.84 Å². The average Bonchev–Trinajstić information content (AvgIpc) is 3.36. The van der Waals surface area contributed by atoms with Gasteiger partial charge in [-0.25, -0.2) is 4.79 Å². The molecular weight excluding hydrogens is 468 g/mol. The number of rotatable bonds is 5. The fourth-order valence-electron chi connectivity index (χ4n) is 4.39. The third-order valence-electron chi connectivity index (χ3n) is 6.65. The van der Waals surface area contributed by atoms with Crippen molar-refractivity contribution in [2.45, 2.75) is 38.6 Å². The molecule has 0 saturated carbocycles. The van der Waals surface area contributed by atoms with Crippen molar-refractivity contribution in [2.75, 3.05) is 11.2 Å². The van der Waals surface area contributed by atoms with Crippen LogP contribution in [0.25, 0.3) is 17.0 Å². The summed E-state index contributed by atoms with van der Waals surface area (Å²) in [5.41, 5.74) is 7.59. The number of carbonyl (C=O) groups excluding carboxylic acids is 1. The smallest absolute Gasteiger partial charge is 0.326 e. The highest BCUT2D eigenvalue weighted by molar-refractivity contribution is 7.98. The minimum absolute atomic E-state index is 0.197. The predicted octanol–water partition coefficient (Wildman–Crippen LogP) is 7.09. The van der Waals surface area contributed by atoms with Crippen LogP contribution < -0.4 is 10.2 Å². The molecule has 0 saturated heterocycles. The van der Waals surface area contributed by atoms with Gasteiger partial charge in [0.15, 0.2) is 0 Å². The number of amides is 2. The van der Waals surface area contributed by atoms with E-state index < -0.39 is 6.04 Å². The first-order valence-electron chi connectivity index (χ1n) is 11.8. The van der Waals surface area contributed by atoms with Crippen LogP contribution in [0.3, 0.4) is 0 Å². The third-order valence-corrected chi connectivity index (χ3v) is 7.39. The van der Waals surface area contributed by atoms with E-state index in [4.69, 9.17) is 9.51 Å². The van der Waals surface area contributed by atoms with Gasteiger partial charge in [0.05, 0.1) is 17.3 Å². The topological polar surface area (TPSA) is 71.3 Å². The van der Waals surface area contributed by atoms with E-state index in [1.54, 1.807) is 16.7 Å². The molecule has 36 heavy (non-hydrogen) atoms. The molecule has 7 heteroatoms. The molecule has 2 heterocycles. The van der Waals surface area contributed by atoms with Gasteiger partial charge in [0.2, 0.25) is 5.82 Å². The zero-order chi connectivity index (χ0) is 25.4. The second-order valence-electron chi connectivity index (χ2n) is 9.05. The van der Waals surface area contributed by atoms with E-state index in [1.165, 1.54) is 5.56 Å². The normalized spacial score (nSPS) is 15.9. The van der Waals surface area contributed by atoms with Crippen LogP contribution in [-0.4, -0.2) is 22.4 Å². The zero-order valence-electron chi connectivity index (χ0n) is 21.0. The minimum atomic E-state index is -0.428.